The van der Waals surface area contributed by atoms with Crippen molar-refractivity contribution in [2.45, 2.75) is 6.18 Å². The Morgan fingerprint density at radius 3 is 2.65 bits per heavy atom. The highest BCUT2D eigenvalue weighted by Gasteiger charge is 2.31. The summed E-state index contributed by atoms with van der Waals surface area (Å²) in [6.07, 6.45) is -1.62. The van der Waals surface area contributed by atoms with Gasteiger partial charge in [-0.3, -0.25) is 0 Å². The van der Waals surface area contributed by atoms with Crippen LogP contribution in [-0.2, 0) is 6.18 Å². The van der Waals surface area contributed by atoms with Crippen LogP contribution in [0.15, 0.2) is 30.7 Å². The number of benzene rings is 1. The summed E-state index contributed by atoms with van der Waals surface area (Å²) >= 11 is 1.98. The zero-order valence-corrected chi connectivity index (χ0v) is 11.9. The van der Waals surface area contributed by atoms with Gasteiger partial charge >= 0.3 is 6.18 Å². The first-order valence-corrected chi connectivity index (χ1v) is 6.33. The minimum Gasteiger partial charge on any atom is -0.338 e. The van der Waals surface area contributed by atoms with Gasteiger partial charge in [-0.1, -0.05) is 0 Å². The van der Waals surface area contributed by atoms with Gasteiger partial charge in [0, 0.05) is 6.20 Å². The molecule has 0 radical (unpaired) electrons. The molecule has 0 fully saturated rings. The summed E-state index contributed by atoms with van der Waals surface area (Å²) in [6.45, 7) is 0. The van der Waals surface area contributed by atoms with Gasteiger partial charge in [-0.05, 0) is 40.8 Å². The topological polar surface area (TPSA) is 61.6 Å². The fourth-order valence-electron chi connectivity index (χ4n) is 1.45. The number of hydrogen-bond donors (Lipinski definition) is 1. The highest BCUT2D eigenvalue weighted by Crippen LogP contribution is 2.32. The number of anilines is 2. The molecule has 20 heavy (non-hydrogen) atoms. The van der Waals surface area contributed by atoms with Crippen LogP contribution in [0.25, 0.3) is 0 Å². The molecule has 0 bridgehead atoms. The van der Waals surface area contributed by atoms with E-state index >= 15 is 0 Å². The van der Waals surface area contributed by atoms with E-state index in [0.29, 0.717) is 9.39 Å². The van der Waals surface area contributed by atoms with Crippen LogP contribution in [0.5, 0.6) is 0 Å². The van der Waals surface area contributed by atoms with Crippen molar-refractivity contribution in [3.05, 3.63) is 45.4 Å². The first-order chi connectivity index (χ1) is 9.41. The second-order valence-electron chi connectivity index (χ2n) is 3.71. The molecule has 1 aromatic carbocycles. The average Bonchev–Trinajstić information content (AvgIpc) is 2.40. The molecule has 0 aliphatic heterocycles. The fourth-order valence-corrected chi connectivity index (χ4v) is 1.89. The number of halogens is 4. The van der Waals surface area contributed by atoms with Gasteiger partial charge < -0.3 is 5.32 Å². The molecule has 4 nitrogen and oxygen atoms in total. The molecule has 8 heteroatoms. The van der Waals surface area contributed by atoms with Gasteiger partial charge in [-0.15, -0.1) is 0 Å². The molecular formula is C12H6F3IN4. The van der Waals surface area contributed by atoms with Crippen molar-refractivity contribution in [3.8, 4) is 6.07 Å². The van der Waals surface area contributed by atoms with Gasteiger partial charge in [0.15, 0.2) is 0 Å². The van der Waals surface area contributed by atoms with E-state index in [1.54, 1.807) is 12.3 Å². The highest BCUT2D eigenvalue weighted by molar-refractivity contribution is 14.1. The summed E-state index contributed by atoms with van der Waals surface area (Å²) in [5.41, 5.74) is -0.705. The Labute approximate surface area is 125 Å². The Bertz CT molecular complexity index is 679. The van der Waals surface area contributed by atoms with Crippen LogP contribution in [0.4, 0.5) is 24.7 Å². The van der Waals surface area contributed by atoms with Gasteiger partial charge in [-0.2, -0.15) is 18.4 Å². The maximum Gasteiger partial charge on any atom is 0.416 e. The maximum absolute atomic E-state index is 12.6. The first-order valence-electron chi connectivity index (χ1n) is 5.25. The molecule has 0 saturated heterocycles. The molecular weight excluding hydrogens is 384 g/mol. The summed E-state index contributed by atoms with van der Waals surface area (Å²) in [7, 11) is 0. The number of rotatable bonds is 2. The Kier molecular flexibility index (Phi) is 4.08. The van der Waals surface area contributed by atoms with E-state index in [9.17, 15) is 13.2 Å². The van der Waals surface area contributed by atoms with Crippen LogP contribution < -0.4 is 5.32 Å². The van der Waals surface area contributed by atoms with Gasteiger partial charge in [0.1, 0.15) is 18.2 Å². The molecule has 102 valence electrons. The molecule has 1 heterocycles. The van der Waals surface area contributed by atoms with Crippen LogP contribution in [-0.4, -0.2) is 9.97 Å². The minimum absolute atomic E-state index is 0.103. The van der Waals surface area contributed by atoms with Crippen molar-refractivity contribution in [3.63, 3.8) is 0 Å². The van der Waals surface area contributed by atoms with E-state index in [1.165, 1.54) is 12.4 Å². The number of nitrogens with one attached hydrogen (secondary N) is 1. The second-order valence-corrected chi connectivity index (χ2v) is 4.88. The van der Waals surface area contributed by atoms with Crippen molar-refractivity contribution in [1.82, 2.24) is 9.97 Å². The van der Waals surface area contributed by atoms with E-state index in [2.05, 4.69) is 15.3 Å². The van der Waals surface area contributed by atoms with Crippen LogP contribution in [0.1, 0.15) is 11.1 Å². The molecule has 1 aromatic heterocycles. The van der Waals surface area contributed by atoms with E-state index < -0.39 is 11.7 Å². The van der Waals surface area contributed by atoms with E-state index in [4.69, 9.17) is 5.26 Å². The lowest BCUT2D eigenvalue weighted by molar-refractivity contribution is -0.137. The average molecular weight is 390 g/mol. The quantitative estimate of drug-likeness (QED) is 0.795. The lowest BCUT2D eigenvalue weighted by Crippen LogP contribution is -2.06. The standard InChI is InChI=1S/C12H6F3IN4/c13-12(14,15)8-1-2-10(7(3-8)4-17)20-11-9(16)5-18-6-19-11/h1-3,5-6H,(H,18,19,20). The monoisotopic (exact) mass is 390 g/mol. The van der Waals surface area contributed by atoms with Gasteiger partial charge in [-0.25, -0.2) is 9.97 Å². The Morgan fingerprint density at radius 2 is 2.05 bits per heavy atom. The SMILES string of the molecule is N#Cc1cc(C(F)(F)F)ccc1Nc1ncncc1I. The number of nitriles is 1. The van der Waals surface area contributed by atoms with Crippen LogP contribution >= 0.6 is 22.6 Å². The lowest BCUT2D eigenvalue weighted by atomic mass is 10.1. The number of nitrogens with zero attached hydrogens (tertiary/aromatic N) is 3. The van der Waals surface area contributed by atoms with E-state index in [-0.39, 0.29) is 11.3 Å². The summed E-state index contributed by atoms with van der Waals surface area (Å²) in [5.74, 6) is 0.428. The Hall–Kier alpha value is -1.89. The zero-order chi connectivity index (χ0) is 14.8. The minimum atomic E-state index is -4.48. The van der Waals surface area contributed by atoms with Crippen LogP contribution in [0.3, 0.4) is 0 Å². The van der Waals surface area contributed by atoms with E-state index in [0.717, 1.165) is 12.1 Å². The normalized spacial score (nSPS) is 10.9. The summed E-state index contributed by atoms with van der Waals surface area (Å²) in [5, 5.41) is 11.8. The van der Waals surface area contributed by atoms with Gasteiger partial charge in [0.2, 0.25) is 0 Å². The maximum atomic E-state index is 12.6. The number of alkyl halides is 3. The number of hydrogen-bond acceptors (Lipinski definition) is 4. The summed E-state index contributed by atoms with van der Waals surface area (Å²) in [4.78, 5) is 7.76. The molecule has 0 spiro atoms. The van der Waals surface area contributed by atoms with Crippen molar-refractivity contribution < 1.29 is 13.2 Å². The lowest BCUT2D eigenvalue weighted by Gasteiger charge is -2.11. The molecule has 0 saturated carbocycles. The molecule has 1 N–H and O–H groups in total. The number of aromatic nitrogens is 2. The fraction of sp³-hybridized carbons (Fsp3) is 0.0833. The molecule has 0 aliphatic carbocycles. The third-order valence-electron chi connectivity index (χ3n) is 2.39. The predicted octanol–water partition coefficient (Wildman–Crippen LogP) is 3.72. The Morgan fingerprint density at radius 1 is 1.30 bits per heavy atom. The molecule has 0 amide bonds. The largest absolute Gasteiger partial charge is 0.416 e. The first kappa shape index (κ1) is 14.5. The van der Waals surface area contributed by atoms with Gasteiger partial charge in [0.05, 0.1) is 20.4 Å². The molecule has 0 atom stereocenters. The molecule has 2 aromatic rings. The Balaban J connectivity index is 2.39. The molecule has 2 rings (SSSR count). The van der Waals surface area contributed by atoms with Crippen LogP contribution in [0.2, 0.25) is 0 Å². The predicted molar refractivity (Wildman–Crippen MR) is 74.2 cm³/mol. The third kappa shape index (κ3) is 3.16. The van der Waals surface area contributed by atoms with E-state index in [1.807, 2.05) is 22.6 Å². The van der Waals surface area contributed by atoms with Crippen molar-refractivity contribution in [2.24, 2.45) is 0 Å². The third-order valence-corrected chi connectivity index (χ3v) is 3.18. The zero-order valence-electron chi connectivity index (χ0n) is 9.74. The van der Waals surface area contributed by atoms with Crippen molar-refractivity contribution in [2.75, 3.05) is 5.32 Å². The van der Waals surface area contributed by atoms with Gasteiger partial charge in [0.25, 0.3) is 0 Å². The smallest absolute Gasteiger partial charge is 0.338 e. The second kappa shape index (κ2) is 5.62. The highest BCUT2D eigenvalue weighted by atomic mass is 127. The summed E-state index contributed by atoms with van der Waals surface area (Å²) in [6, 6.07) is 4.66. The summed E-state index contributed by atoms with van der Waals surface area (Å²) < 4.78 is 38.4. The van der Waals surface area contributed by atoms with Crippen LogP contribution in [0, 0.1) is 14.9 Å². The van der Waals surface area contributed by atoms with Crippen molar-refractivity contribution in [1.29, 1.82) is 5.26 Å². The van der Waals surface area contributed by atoms with Crippen molar-refractivity contribution >= 4 is 34.1 Å². The molecule has 0 aliphatic rings. The molecule has 0 unspecified atom stereocenters.